The zero-order valence-corrected chi connectivity index (χ0v) is 22.1. The zero-order chi connectivity index (χ0) is 26.8. The molecule has 0 saturated carbocycles. The summed E-state index contributed by atoms with van der Waals surface area (Å²) in [5, 5.41) is 9.22. The average molecular weight is 531 g/mol. The molecule has 2 atom stereocenters. The van der Waals surface area contributed by atoms with Gasteiger partial charge in [-0.15, -0.1) is 0 Å². The van der Waals surface area contributed by atoms with Gasteiger partial charge in [0.05, 0.1) is 18.9 Å². The molecule has 3 aromatic rings. The molecule has 1 N–H and O–H groups in total. The molecule has 0 spiro atoms. The van der Waals surface area contributed by atoms with Crippen LogP contribution in [0.25, 0.3) is 0 Å². The number of hydrazone groups is 1. The molecule has 38 heavy (non-hydrogen) atoms. The Morgan fingerprint density at radius 1 is 1.08 bits per heavy atom. The number of thioether (sulfide) groups is 1. The molecule has 0 unspecified atom stereocenters. The number of aliphatic imine (C=N–C) groups is 1. The smallest absolute Gasteiger partial charge is 0.262 e. The van der Waals surface area contributed by atoms with E-state index in [2.05, 4.69) is 10.3 Å². The van der Waals surface area contributed by atoms with Gasteiger partial charge in [-0.25, -0.2) is 9.40 Å². The average Bonchev–Trinajstić information content (AvgIpc) is 3.50. The number of hydrogen-bond donors (Lipinski definition) is 1. The molecule has 0 fully saturated rings. The van der Waals surface area contributed by atoms with Crippen LogP contribution >= 0.6 is 11.8 Å². The van der Waals surface area contributed by atoms with Crippen LogP contribution in [0.15, 0.2) is 76.8 Å². The van der Waals surface area contributed by atoms with Crippen molar-refractivity contribution in [1.29, 1.82) is 0 Å². The lowest BCUT2D eigenvalue weighted by Crippen LogP contribution is -2.25. The van der Waals surface area contributed by atoms with Crippen LogP contribution in [0.1, 0.15) is 41.1 Å². The molecular weight excluding hydrogens is 503 g/mol. The van der Waals surface area contributed by atoms with Crippen molar-refractivity contribution < 1.29 is 18.7 Å². The van der Waals surface area contributed by atoms with E-state index >= 15 is 0 Å². The Hall–Kier alpha value is -3.98. The Kier molecular flexibility index (Phi) is 7.28. The summed E-state index contributed by atoms with van der Waals surface area (Å²) in [4.78, 5) is 29.8. The summed E-state index contributed by atoms with van der Waals surface area (Å²) in [6.45, 7) is 3.99. The molecule has 0 aliphatic carbocycles. The van der Waals surface area contributed by atoms with Gasteiger partial charge in [0.15, 0.2) is 5.17 Å². The van der Waals surface area contributed by atoms with Gasteiger partial charge < -0.3 is 10.1 Å². The van der Waals surface area contributed by atoms with Crippen LogP contribution in [0.5, 0.6) is 5.75 Å². The van der Waals surface area contributed by atoms with E-state index < -0.39 is 5.25 Å². The Labute approximate surface area is 224 Å². The molecule has 0 saturated heterocycles. The van der Waals surface area contributed by atoms with Crippen LogP contribution in [0.3, 0.4) is 0 Å². The van der Waals surface area contributed by atoms with Crippen molar-refractivity contribution in [2.45, 2.75) is 38.0 Å². The van der Waals surface area contributed by atoms with E-state index in [4.69, 9.17) is 9.84 Å². The number of rotatable bonds is 6. The van der Waals surface area contributed by atoms with Gasteiger partial charge >= 0.3 is 0 Å². The second-order valence-corrected chi connectivity index (χ2v) is 10.5. The number of benzene rings is 3. The van der Waals surface area contributed by atoms with Gasteiger partial charge in [-0.1, -0.05) is 42.1 Å². The SMILES string of the molecule is COc1ccc([C@@H]2CC(c3ccc(F)cc3)=NN2C2=NC(=O)[C@@H](CC(=O)Nc3ccc(C)c(C)c3)S2)cc1. The van der Waals surface area contributed by atoms with Crippen molar-refractivity contribution in [3.63, 3.8) is 0 Å². The number of nitrogens with one attached hydrogen (secondary N) is 1. The van der Waals surface area contributed by atoms with Gasteiger partial charge in [-0.2, -0.15) is 10.1 Å². The number of halogens is 1. The number of carbonyl (C=O) groups is 2. The highest BCUT2D eigenvalue weighted by Crippen LogP contribution is 2.39. The van der Waals surface area contributed by atoms with E-state index in [-0.39, 0.29) is 30.1 Å². The molecule has 2 aliphatic rings. The molecule has 0 aromatic heterocycles. The van der Waals surface area contributed by atoms with Crippen LogP contribution in [0, 0.1) is 19.7 Å². The van der Waals surface area contributed by atoms with Gasteiger partial charge in [-0.3, -0.25) is 9.59 Å². The van der Waals surface area contributed by atoms with Crippen LogP contribution in [-0.2, 0) is 9.59 Å². The molecule has 0 bridgehead atoms. The van der Waals surface area contributed by atoms with E-state index in [9.17, 15) is 14.0 Å². The van der Waals surface area contributed by atoms with Gasteiger partial charge in [0.1, 0.15) is 16.8 Å². The largest absolute Gasteiger partial charge is 0.497 e. The Bertz CT molecular complexity index is 1440. The second-order valence-electron chi connectivity index (χ2n) is 9.28. The Morgan fingerprint density at radius 3 is 2.50 bits per heavy atom. The predicted octanol–water partition coefficient (Wildman–Crippen LogP) is 5.63. The van der Waals surface area contributed by atoms with E-state index in [1.807, 2.05) is 56.3 Å². The minimum absolute atomic E-state index is 0.000992. The molecule has 0 radical (unpaired) electrons. The molecule has 194 valence electrons. The second kappa shape index (κ2) is 10.8. The first-order chi connectivity index (χ1) is 18.3. The van der Waals surface area contributed by atoms with Crippen molar-refractivity contribution in [3.8, 4) is 5.75 Å². The summed E-state index contributed by atoms with van der Waals surface area (Å²) in [6, 6.07) is 19.3. The number of ether oxygens (including phenoxy) is 1. The maximum absolute atomic E-state index is 13.5. The third-order valence-corrected chi connectivity index (χ3v) is 7.82. The third kappa shape index (κ3) is 5.47. The van der Waals surface area contributed by atoms with Crippen molar-refractivity contribution in [2.75, 3.05) is 12.4 Å². The number of hydrogen-bond acceptors (Lipinski definition) is 6. The highest BCUT2D eigenvalue weighted by atomic mass is 32.2. The Morgan fingerprint density at radius 2 is 1.82 bits per heavy atom. The van der Waals surface area contributed by atoms with Gasteiger partial charge in [0, 0.05) is 18.5 Å². The Balaban J connectivity index is 1.34. The first-order valence-corrected chi connectivity index (χ1v) is 13.1. The van der Waals surface area contributed by atoms with Gasteiger partial charge in [0.2, 0.25) is 5.91 Å². The maximum atomic E-state index is 13.5. The first kappa shape index (κ1) is 25.7. The molecule has 5 rings (SSSR count). The minimum Gasteiger partial charge on any atom is -0.497 e. The van der Waals surface area contributed by atoms with Crippen LogP contribution < -0.4 is 10.1 Å². The summed E-state index contributed by atoms with van der Waals surface area (Å²) < 4.78 is 18.8. The number of anilines is 1. The summed E-state index contributed by atoms with van der Waals surface area (Å²) in [7, 11) is 1.61. The quantitative estimate of drug-likeness (QED) is 0.447. The number of carbonyl (C=O) groups excluding carboxylic acids is 2. The molecule has 3 aromatic carbocycles. The first-order valence-electron chi connectivity index (χ1n) is 12.2. The fraction of sp³-hybridized carbons (Fsp3) is 0.241. The number of methoxy groups -OCH3 is 1. The normalized spacial score (nSPS) is 18.8. The standard InChI is InChI=1S/C29H27FN4O3S/c1-17-4-11-22(14-18(17)2)31-27(35)16-26-28(36)32-29(38-26)34-25(20-7-12-23(37-3)13-8-20)15-24(33-34)19-5-9-21(30)10-6-19/h4-14,25-26H,15-16H2,1-3H3,(H,31,35)/t25-,26+/m0/s1. The summed E-state index contributed by atoms with van der Waals surface area (Å²) in [5.41, 5.74) is 5.44. The van der Waals surface area contributed by atoms with Crippen molar-refractivity contribution in [2.24, 2.45) is 10.1 Å². The molecule has 2 aliphatic heterocycles. The van der Waals surface area contributed by atoms with E-state index in [1.54, 1.807) is 24.3 Å². The van der Waals surface area contributed by atoms with Crippen molar-refractivity contribution in [3.05, 3.63) is 94.8 Å². The van der Waals surface area contributed by atoms with E-state index in [1.165, 1.54) is 23.9 Å². The minimum atomic E-state index is -0.641. The number of aryl methyl sites for hydroxylation is 2. The number of nitrogens with zero attached hydrogens (tertiary/aromatic N) is 3. The monoisotopic (exact) mass is 530 g/mol. The van der Waals surface area contributed by atoms with Crippen molar-refractivity contribution in [1.82, 2.24) is 5.01 Å². The number of amides is 2. The zero-order valence-electron chi connectivity index (χ0n) is 21.3. The van der Waals surface area contributed by atoms with Crippen LogP contribution in [-0.4, -0.2) is 40.1 Å². The summed E-state index contributed by atoms with van der Waals surface area (Å²) in [5.74, 6) is -0.201. The topological polar surface area (TPSA) is 83.4 Å². The lowest BCUT2D eigenvalue weighted by atomic mass is 9.98. The summed E-state index contributed by atoms with van der Waals surface area (Å²) in [6.07, 6.45) is 0.544. The molecule has 7 nitrogen and oxygen atoms in total. The van der Waals surface area contributed by atoms with Gasteiger partial charge in [-0.05, 0) is 72.5 Å². The molecule has 2 amide bonds. The van der Waals surface area contributed by atoms with Crippen LogP contribution in [0.2, 0.25) is 0 Å². The predicted molar refractivity (Wildman–Crippen MR) is 148 cm³/mol. The lowest BCUT2D eigenvalue weighted by Gasteiger charge is -2.23. The van der Waals surface area contributed by atoms with Gasteiger partial charge in [0.25, 0.3) is 5.91 Å². The van der Waals surface area contributed by atoms with E-state index in [0.29, 0.717) is 17.3 Å². The fourth-order valence-electron chi connectivity index (χ4n) is 4.39. The highest BCUT2D eigenvalue weighted by Gasteiger charge is 2.39. The van der Waals surface area contributed by atoms with Crippen LogP contribution in [0.4, 0.5) is 10.1 Å². The number of amidine groups is 1. The molecular formula is C29H27FN4O3S. The van der Waals surface area contributed by atoms with Crippen molar-refractivity contribution >= 4 is 40.1 Å². The third-order valence-electron chi connectivity index (χ3n) is 6.67. The van der Waals surface area contributed by atoms with E-state index in [0.717, 1.165) is 33.7 Å². The highest BCUT2D eigenvalue weighted by molar-refractivity contribution is 8.15. The molecule has 2 heterocycles. The fourth-order valence-corrected chi connectivity index (χ4v) is 5.45. The molecule has 9 heteroatoms. The summed E-state index contributed by atoms with van der Waals surface area (Å²) >= 11 is 1.24. The lowest BCUT2D eigenvalue weighted by molar-refractivity contribution is -0.121. The maximum Gasteiger partial charge on any atom is 0.262 e.